The average Bonchev–Trinajstić information content (AvgIpc) is 2.90. The summed E-state index contributed by atoms with van der Waals surface area (Å²) in [5.74, 6) is -0.717. The molecule has 1 amide bonds. The number of aromatic carboxylic acids is 1. The molecule has 1 saturated heterocycles. The lowest BCUT2D eigenvalue weighted by atomic mass is 10.1. The number of benzene rings is 1. The summed E-state index contributed by atoms with van der Waals surface area (Å²) >= 11 is 0. The smallest absolute Gasteiger partial charge is 0.335 e. The van der Waals surface area contributed by atoms with Gasteiger partial charge in [-0.3, -0.25) is 4.79 Å². The predicted molar refractivity (Wildman–Crippen MR) is 79.7 cm³/mol. The molecule has 21 heavy (non-hydrogen) atoms. The second-order valence-electron chi connectivity index (χ2n) is 5.76. The Morgan fingerprint density at radius 2 is 1.86 bits per heavy atom. The minimum atomic E-state index is -0.902. The standard InChI is InChI=1S/C16H20N2O3/c19-15(17-7-2-1-3-8-17)11-18-9-6-12-10-13(16(20)21)4-5-14(12)18/h4-5,10H,1-3,6-9,11H2,(H,20,21). The highest BCUT2D eigenvalue weighted by Crippen LogP contribution is 2.29. The molecule has 2 aliphatic heterocycles. The fourth-order valence-electron chi connectivity index (χ4n) is 3.17. The van der Waals surface area contributed by atoms with E-state index >= 15 is 0 Å². The number of piperidine rings is 1. The van der Waals surface area contributed by atoms with Crippen LogP contribution in [0.2, 0.25) is 0 Å². The third-order valence-corrected chi connectivity index (χ3v) is 4.35. The minimum absolute atomic E-state index is 0.185. The second-order valence-corrected chi connectivity index (χ2v) is 5.76. The Hall–Kier alpha value is -2.04. The first-order valence-electron chi connectivity index (χ1n) is 7.54. The number of amides is 1. The number of likely N-dealkylation sites (tertiary alicyclic amines) is 1. The molecule has 0 aromatic heterocycles. The molecule has 0 saturated carbocycles. The SMILES string of the molecule is O=C(O)c1ccc2c(c1)CCN2CC(=O)N1CCCCC1. The number of nitrogens with zero attached hydrogens (tertiary/aromatic N) is 2. The highest BCUT2D eigenvalue weighted by molar-refractivity contribution is 5.89. The number of carboxylic acids is 1. The van der Waals surface area contributed by atoms with E-state index in [4.69, 9.17) is 5.11 Å². The molecular formula is C16H20N2O3. The number of hydrogen-bond acceptors (Lipinski definition) is 3. The molecule has 1 aromatic carbocycles. The molecule has 3 rings (SSSR count). The molecule has 0 unspecified atom stereocenters. The number of fused-ring (bicyclic) bond motifs is 1. The van der Waals surface area contributed by atoms with Crippen molar-refractivity contribution in [1.82, 2.24) is 4.90 Å². The van der Waals surface area contributed by atoms with E-state index in [0.717, 1.165) is 50.1 Å². The quantitative estimate of drug-likeness (QED) is 0.920. The predicted octanol–water partition coefficient (Wildman–Crippen LogP) is 1.76. The van der Waals surface area contributed by atoms with Crippen molar-refractivity contribution in [3.8, 4) is 0 Å². The van der Waals surface area contributed by atoms with Gasteiger partial charge in [0.05, 0.1) is 12.1 Å². The maximum absolute atomic E-state index is 12.3. The summed E-state index contributed by atoms with van der Waals surface area (Å²) in [6.07, 6.45) is 4.23. The van der Waals surface area contributed by atoms with Gasteiger partial charge in [0.15, 0.2) is 0 Å². The van der Waals surface area contributed by atoms with Crippen LogP contribution in [0.5, 0.6) is 0 Å². The van der Waals surface area contributed by atoms with E-state index < -0.39 is 5.97 Å². The van der Waals surface area contributed by atoms with Crippen LogP contribution in [-0.2, 0) is 11.2 Å². The molecule has 0 atom stereocenters. The van der Waals surface area contributed by atoms with E-state index in [9.17, 15) is 9.59 Å². The molecule has 1 aromatic rings. The lowest BCUT2D eigenvalue weighted by Gasteiger charge is -2.29. The van der Waals surface area contributed by atoms with Gasteiger partial charge < -0.3 is 14.9 Å². The Balaban J connectivity index is 1.69. The number of carbonyl (C=O) groups is 2. The van der Waals surface area contributed by atoms with Crippen LogP contribution in [0.25, 0.3) is 0 Å². The molecule has 0 aliphatic carbocycles. The van der Waals surface area contributed by atoms with Gasteiger partial charge in [-0.2, -0.15) is 0 Å². The van der Waals surface area contributed by atoms with Gasteiger partial charge in [-0.1, -0.05) is 0 Å². The van der Waals surface area contributed by atoms with Crippen molar-refractivity contribution in [1.29, 1.82) is 0 Å². The van der Waals surface area contributed by atoms with Crippen LogP contribution in [0.3, 0.4) is 0 Å². The van der Waals surface area contributed by atoms with E-state index in [2.05, 4.69) is 4.90 Å². The van der Waals surface area contributed by atoms with Crippen molar-refractivity contribution in [3.63, 3.8) is 0 Å². The van der Waals surface area contributed by atoms with Crippen molar-refractivity contribution < 1.29 is 14.7 Å². The molecule has 2 aliphatic rings. The van der Waals surface area contributed by atoms with Gasteiger partial charge in [-0.05, 0) is 49.4 Å². The maximum Gasteiger partial charge on any atom is 0.335 e. The van der Waals surface area contributed by atoms with Gasteiger partial charge in [0.25, 0.3) is 0 Å². The number of rotatable bonds is 3. The Morgan fingerprint density at radius 3 is 2.57 bits per heavy atom. The summed E-state index contributed by atoms with van der Waals surface area (Å²) in [5.41, 5.74) is 2.35. The molecule has 0 spiro atoms. The van der Waals surface area contributed by atoms with Gasteiger partial charge in [-0.25, -0.2) is 4.79 Å². The van der Waals surface area contributed by atoms with Gasteiger partial charge in [-0.15, -0.1) is 0 Å². The second kappa shape index (κ2) is 5.76. The van der Waals surface area contributed by atoms with Crippen LogP contribution < -0.4 is 4.90 Å². The average molecular weight is 288 g/mol. The summed E-state index contributed by atoms with van der Waals surface area (Å²) in [6, 6.07) is 5.17. The first-order chi connectivity index (χ1) is 10.1. The van der Waals surface area contributed by atoms with Gasteiger partial charge in [0.1, 0.15) is 0 Å². The number of hydrogen-bond donors (Lipinski definition) is 1. The lowest BCUT2D eigenvalue weighted by Crippen LogP contribution is -2.42. The zero-order valence-electron chi connectivity index (χ0n) is 12.0. The molecule has 0 bridgehead atoms. The molecule has 5 heteroatoms. The maximum atomic E-state index is 12.3. The fourth-order valence-corrected chi connectivity index (χ4v) is 3.17. The zero-order chi connectivity index (χ0) is 14.8. The number of carbonyl (C=O) groups excluding carboxylic acids is 1. The van der Waals surface area contributed by atoms with Crippen LogP contribution in [0, 0.1) is 0 Å². The fraction of sp³-hybridized carbons (Fsp3) is 0.500. The van der Waals surface area contributed by atoms with E-state index in [0.29, 0.717) is 12.1 Å². The van der Waals surface area contributed by atoms with Crippen molar-refractivity contribution in [3.05, 3.63) is 29.3 Å². The molecule has 1 N–H and O–H groups in total. The van der Waals surface area contributed by atoms with Crippen molar-refractivity contribution in [2.45, 2.75) is 25.7 Å². The zero-order valence-corrected chi connectivity index (χ0v) is 12.0. The Kier molecular flexibility index (Phi) is 3.82. The van der Waals surface area contributed by atoms with Gasteiger partial charge in [0.2, 0.25) is 5.91 Å². The van der Waals surface area contributed by atoms with Crippen LogP contribution in [0.15, 0.2) is 18.2 Å². The van der Waals surface area contributed by atoms with Gasteiger partial charge in [0, 0.05) is 25.3 Å². The van der Waals surface area contributed by atoms with Crippen molar-refractivity contribution in [2.24, 2.45) is 0 Å². The van der Waals surface area contributed by atoms with Crippen molar-refractivity contribution in [2.75, 3.05) is 31.1 Å². The molecule has 5 nitrogen and oxygen atoms in total. The molecule has 1 fully saturated rings. The Labute approximate surface area is 124 Å². The Morgan fingerprint density at radius 1 is 1.10 bits per heavy atom. The van der Waals surface area contributed by atoms with Gasteiger partial charge >= 0.3 is 5.97 Å². The van der Waals surface area contributed by atoms with E-state index in [1.165, 1.54) is 6.42 Å². The first-order valence-corrected chi connectivity index (χ1v) is 7.54. The third-order valence-electron chi connectivity index (χ3n) is 4.35. The normalized spacial score (nSPS) is 17.7. The molecular weight excluding hydrogens is 268 g/mol. The monoisotopic (exact) mass is 288 g/mol. The highest BCUT2D eigenvalue weighted by atomic mass is 16.4. The Bertz CT molecular complexity index is 565. The topological polar surface area (TPSA) is 60.9 Å². The summed E-state index contributed by atoms with van der Waals surface area (Å²) in [5, 5.41) is 9.02. The van der Waals surface area contributed by atoms with E-state index in [1.54, 1.807) is 12.1 Å². The van der Waals surface area contributed by atoms with Crippen LogP contribution in [0.4, 0.5) is 5.69 Å². The van der Waals surface area contributed by atoms with Crippen LogP contribution in [0.1, 0.15) is 35.2 Å². The highest BCUT2D eigenvalue weighted by Gasteiger charge is 2.25. The summed E-state index contributed by atoms with van der Waals surface area (Å²) < 4.78 is 0. The number of anilines is 1. The minimum Gasteiger partial charge on any atom is -0.478 e. The van der Waals surface area contributed by atoms with Crippen molar-refractivity contribution >= 4 is 17.6 Å². The largest absolute Gasteiger partial charge is 0.478 e. The third kappa shape index (κ3) is 2.86. The molecule has 0 radical (unpaired) electrons. The lowest BCUT2D eigenvalue weighted by molar-refractivity contribution is -0.130. The first kappa shape index (κ1) is 13.9. The van der Waals surface area contributed by atoms with E-state index in [1.807, 2.05) is 11.0 Å². The summed E-state index contributed by atoms with van der Waals surface area (Å²) in [7, 11) is 0. The molecule has 2 heterocycles. The van der Waals surface area contributed by atoms with Crippen LogP contribution >= 0.6 is 0 Å². The molecule has 112 valence electrons. The number of carboxylic acid groups (broad SMARTS) is 1. The summed E-state index contributed by atoms with van der Waals surface area (Å²) in [6.45, 7) is 2.94. The van der Waals surface area contributed by atoms with Crippen LogP contribution in [-0.4, -0.2) is 48.1 Å². The summed E-state index contributed by atoms with van der Waals surface area (Å²) in [4.78, 5) is 27.3. The van der Waals surface area contributed by atoms with E-state index in [-0.39, 0.29) is 5.91 Å².